The van der Waals surface area contributed by atoms with E-state index < -0.39 is 0 Å². The van der Waals surface area contributed by atoms with E-state index >= 15 is 0 Å². The lowest BCUT2D eigenvalue weighted by Gasteiger charge is -2.22. The van der Waals surface area contributed by atoms with E-state index in [1.807, 2.05) is 18.2 Å². The Balaban J connectivity index is 2.60. The molecule has 102 valence electrons. The Kier molecular flexibility index (Phi) is 6.76. The van der Waals surface area contributed by atoms with Crippen molar-refractivity contribution in [1.29, 1.82) is 0 Å². The van der Waals surface area contributed by atoms with Crippen molar-refractivity contribution >= 4 is 0 Å². The molecule has 0 bridgehead atoms. The van der Waals surface area contributed by atoms with Gasteiger partial charge in [-0.05, 0) is 42.4 Å². The van der Waals surface area contributed by atoms with E-state index in [0.29, 0.717) is 5.92 Å². The van der Waals surface area contributed by atoms with Gasteiger partial charge in [-0.25, -0.2) is 0 Å². The van der Waals surface area contributed by atoms with Crippen molar-refractivity contribution in [3.8, 4) is 5.75 Å². The molecule has 3 nitrogen and oxygen atoms in total. The molecule has 0 aliphatic heterocycles. The summed E-state index contributed by atoms with van der Waals surface area (Å²) >= 11 is 0. The van der Waals surface area contributed by atoms with Crippen LogP contribution in [0.25, 0.3) is 0 Å². The molecule has 2 unspecified atom stereocenters. The fraction of sp³-hybridized carbons (Fsp3) is 0.600. The van der Waals surface area contributed by atoms with Crippen LogP contribution in [0.3, 0.4) is 0 Å². The number of aliphatic hydroxyl groups is 1. The Bertz CT molecular complexity index is 338. The summed E-state index contributed by atoms with van der Waals surface area (Å²) in [6.45, 7) is 3.12. The highest BCUT2D eigenvalue weighted by Gasteiger charge is 2.17. The average Bonchev–Trinajstić information content (AvgIpc) is 2.42. The van der Waals surface area contributed by atoms with Crippen LogP contribution in [-0.2, 0) is 11.2 Å². The molecule has 0 fully saturated rings. The lowest BCUT2D eigenvalue weighted by atomic mass is 9.87. The molecule has 3 heteroatoms. The monoisotopic (exact) mass is 252 g/mol. The third-order valence-electron chi connectivity index (χ3n) is 3.45. The van der Waals surface area contributed by atoms with Gasteiger partial charge < -0.3 is 14.6 Å². The molecule has 1 aromatic rings. The van der Waals surface area contributed by atoms with Crippen LogP contribution in [0, 0.1) is 11.8 Å². The predicted octanol–water partition coefficient (Wildman–Crippen LogP) is 2.52. The maximum atomic E-state index is 9.51. The summed E-state index contributed by atoms with van der Waals surface area (Å²) in [5.74, 6) is 1.59. The van der Waals surface area contributed by atoms with Gasteiger partial charge in [-0.3, -0.25) is 0 Å². The van der Waals surface area contributed by atoms with E-state index in [9.17, 15) is 5.11 Å². The molecule has 1 rings (SSSR count). The first-order valence-electron chi connectivity index (χ1n) is 6.44. The maximum Gasteiger partial charge on any atom is 0.119 e. The average molecular weight is 252 g/mol. The molecule has 2 atom stereocenters. The Labute approximate surface area is 110 Å². The molecule has 0 saturated carbocycles. The lowest BCUT2D eigenvalue weighted by Crippen LogP contribution is -2.20. The fourth-order valence-electron chi connectivity index (χ4n) is 2.09. The molecule has 0 heterocycles. The molecule has 1 N–H and O–H groups in total. The van der Waals surface area contributed by atoms with E-state index in [1.165, 1.54) is 5.56 Å². The van der Waals surface area contributed by atoms with Crippen LogP contribution in [0.1, 0.15) is 18.9 Å². The molecule has 0 aliphatic rings. The molecular formula is C15H24O3. The molecule has 0 amide bonds. The fourth-order valence-corrected chi connectivity index (χ4v) is 2.09. The molecule has 0 aliphatic carbocycles. The Morgan fingerprint density at radius 1 is 1.28 bits per heavy atom. The topological polar surface area (TPSA) is 38.7 Å². The van der Waals surface area contributed by atoms with Crippen LogP contribution in [-0.4, -0.2) is 32.5 Å². The normalized spacial score (nSPS) is 14.2. The van der Waals surface area contributed by atoms with Gasteiger partial charge in [0.05, 0.1) is 7.11 Å². The van der Waals surface area contributed by atoms with E-state index in [1.54, 1.807) is 14.2 Å². The molecule has 0 aromatic heterocycles. The largest absolute Gasteiger partial charge is 0.497 e. The Hall–Kier alpha value is -1.06. The number of ether oxygens (including phenoxy) is 2. The number of hydrogen-bond acceptors (Lipinski definition) is 3. The first-order chi connectivity index (χ1) is 8.71. The van der Waals surface area contributed by atoms with Gasteiger partial charge in [0, 0.05) is 20.3 Å². The summed E-state index contributed by atoms with van der Waals surface area (Å²) in [4.78, 5) is 0. The van der Waals surface area contributed by atoms with E-state index in [2.05, 4.69) is 13.0 Å². The second-order valence-electron chi connectivity index (χ2n) is 4.76. The molecule has 0 spiro atoms. The van der Waals surface area contributed by atoms with Crippen molar-refractivity contribution in [3.63, 3.8) is 0 Å². The second kappa shape index (κ2) is 8.11. The lowest BCUT2D eigenvalue weighted by molar-refractivity contribution is 0.134. The van der Waals surface area contributed by atoms with E-state index in [-0.39, 0.29) is 12.5 Å². The highest BCUT2D eigenvalue weighted by atomic mass is 16.5. The van der Waals surface area contributed by atoms with Gasteiger partial charge >= 0.3 is 0 Å². The number of aliphatic hydroxyl groups excluding tert-OH is 1. The second-order valence-corrected chi connectivity index (χ2v) is 4.76. The van der Waals surface area contributed by atoms with Crippen LogP contribution < -0.4 is 4.74 Å². The third-order valence-corrected chi connectivity index (χ3v) is 3.45. The summed E-state index contributed by atoms with van der Waals surface area (Å²) in [5.41, 5.74) is 1.21. The standard InChI is InChI=1S/C15H24O3/c1-12(7-8-17-2)14(11-16)9-13-5-4-6-15(10-13)18-3/h4-6,10,12,14,16H,7-9,11H2,1-3H3. The van der Waals surface area contributed by atoms with Crippen molar-refractivity contribution < 1.29 is 14.6 Å². The zero-order valence-corrected chi connectivity index (χ0v) is 11.6. The van der Waals surface area contributed by atoms with Crippen molar-refractivity contribution in [2.75, 3.05) is 27.4 Å². The smallest absolute Gasteiger partial charge is 0.119 e. The first-order valence-corrected chi connectivity index (χ1v) is 6.44. The van der Waals surface area contributed by atoms with Crippen LogP contribution in [0.4, 0.5) is 0 Å². The molecule has 0 saturated heterocycles. The molecule has 0 radical (unpaired) electrons. The first kappa shape index (κ1) is 15.0. The van der Waals surface area contributed by atoms with Crippen molar-refractivity contribution in [1.82, 2.24) is 0 Å². The zero-order chi connectivity index (χ0) is 13.4. The van der Waals surface area contributed by atoms with E-state index in [4.69, 9.17) is 9.47 Å². The Morgan fingerprint density at radius 3 is 2.67 bits per heavy atom. The molecule has 1 aromatic carbocycles. The number of methoxy groups -OCH3 is 2. The van der Waals surface area contributed by atoms with Gasteiger partial charge in [-0.2, -0.15) is 0 Å². The van der Waals surface area contributed by atoms with Gasteiger partial charge in [-0.1, -0.05) is 19.1 Å². The Morgan fingerprint density at radius 2 is 2.06 bits per heavy atom. The van der Waals surface area contributed by atoms with Crippen LogP contribution in [0.15, 0.2) is 24.3 Å². The highest BCUT2D eigenvalue weighted by Crippen LogP contribution is 2.22. The van der Waals surface area contributed by atoms with Crippen LogP contribution in [0.2, 0.25) is 0 Å². The minimum Gasteiger partial charge on any atom is -0.497 e. The molecular weight excluding hydrogens is 228 g/mol. The zero-order valence-electron chi connectivity index (χ0n) is 11.6. The van der Waals surface area contributed by atoms with Crippen molar-refractivity contribution in [2.24, 2.45) is 11.8 Å². The number of benzene rings is 1. The summed E-state index contributed by atoms with van der Waals surface area (Å²) in [5, 5.41) is 9.51. The highest BCUT2D eigenvalue weighted by molar-refractivity contribution is 5.28. The van der Waals surface area contributed by atoms with Crippen molar-refractivity contribution in [3.05, 3.63) is 29.8 Å². The maximum absolute atomic E-state index is 9.51. The summed E-state index contributed by atoms with van der Waals surface area (Å²) in [7, 11) is 3.38. The van der Waals surface area contributed by atoms with E-state index in [0.717, 1.165) is 25.2 Å². The third kappa shape index (κ3) is 4.67. The quantitative estimate of drug-likeness (QED) is 0.772. The summed E-state index contributed by atoms with van der Waals surface area (Å²) in [6.07, 6.45) is 1.85. The van der Waals surface area contributed by atoms with Gasteiger partial charge in [0.15, 0.2) is 0 Å². The van der Waals surface area contributed by atoms with Gasteiger partial charge in [-0.15, -0.1) is 0 Å². The summed E-state index contributed by atoms with van der Waals surface area (Å²) in [6, 6.07) is 8.04. The van der Waals surface area contributed by atoms with Gasteiger partial charge in [0.1, 0.15) is 5.75 Å². The SMILES string of the molecule is COCCC(C)C(CO)Cc1cccc(OC)c1. The number of hydrogen-bond donors (Lipinski definition) is 1. The minimum absolute atomic E-state index is 0.210. The van der Waals surface area contributed by atoms with Crippen molar-refractivity contribution in [2.45, 2.75) is 19.8 Å². The van der Waals surface area contributed by atoms with Gasteiger partial charge in [0.2, 0.25) is 0 Å². The van der Waals surface area contributed by atoms with Gasteiger partial charge in [0.25, 0.3) is 0 Å². The summed E-state index contributed by atoms with van der Waals surface area (Å²) < 4.78 is 10.3. The van der Waals surface area contributed by atoms with Crippen LogP contribution in [0.5, 0.6) is 5.75 Å². The molecule has 18 heavy (non-hydrogen) atoms. The predicted molar refractivity (Wildman–Crippen MR) is 72.9 cm³/mol. The minimum atomic E-state index is 0.210. The number of rotatable bonds is 8. The van der Waals surface area contributed by atoms with Crippen LogP contribution >= 0.6 is 0 Å².